The number of carboxylic acids is 3. The Morgan fingerprint density at radius 1 is 1.07 bits per heavy atom. The van der Waals surface area contributed by atoms with E-state index in [0.717, 1.165) is 16.9 Å². The molecule has 10 heteroatoms. The predicted molar refractivity (Wildman–Crippen MR) is 92.1 cm³/mol. The van der Waals surface area contributed by atoms with Crippen molar-refractivity contribution < 1.29 is 29.7 Å². The van der Waals surface area contributed by atoms with Crippen molar-refractivity contribution in [3.63, 3.8) is 0 Å². The Balaban J connectivity index is 2.36. The number of fused-ring (bicyclic) bond motifs is 1. The molecule has 3 N–H and O–H groups in total. The average Bonchev–Trinajstić information content (AvgIpc) is 3.08. The molecular formula is C17H12ClN3O6. The largest absolute Gasteiger partial charge is 0.480 e. The second-order valence-corrected chi connectivity index (χ2v) is 6.14. The number of benzene rings is 1. The summed E-state index contributed by atoms with van der Waals surface area (Å²) < 4.78 is 0.889. The van der Waals surface area contributed by atoms with Crippen LogP contribution in [0.1, 0.15) is 21.6 Å². The maximum Gasteiger partial charge on any atom is 0.341 e. The second kappa shape index (κ2) is 6.69. The number of nitrogens with zero attached hydrogens (tertiary/aromatic N) is 3. The van der Waals surface area contributed by atoms with Crippen LogP contribution >= 0.6 is 11.6 Å². The molecule has 0 aliphatic heterocycles. The fourth-order valence-corrected chi connectivity index (χ4v) is 3.17. The maximum absolute atomic E-state index is 12.2. The minimum absolute atomic E-state index is 0.245. The highest BCUT2D eigenvalue weighted by Crippen LogP contribution is 2.34. The van der Waals surface area contributed by atoms with Crippen molar-refractivity contribution >= 4 is 35.2 Å². The van der Waals surface area contributed by atoms with Crippen molar-refractivity contribution in [2.24, 2.45) is 0 Å². The molecule has 0 spiro atoms. The third kappa shape index (κ3) is 2.87. The van der Waals surface area contributed by atoms with Crippen LogP contribution < -0.4 is 0 Å². The van der Waals surface area contributed by atoms with E-state index in [0.29, 0.717) is 5.56 Å². The number of hydrogen-bond donors (Lipinski definition) is 3. The predicted octanol–water partition coefficient (Wildman–Crippen LogP) is 1.73. The van der Waals surface area contributed by atoms with Crippen LogP contribution in [0.4, 0.5) is 0 Å². The summed E-state index contributed by atoms with van der Waals surface area (Å²) in [6, 6.07) is 9.18. The highest BCUT2D eigenvalue weighted by atomic mass is 35.5. The van der Waals surface area contributed by atoms with Crippen LogP contribution in [-0.2, 0) is 21.4 Å². The van der Waals surface area contributed by atoms with E-state index in [4.69, 9.17) is 11.6 Å². The highest BCUT2D eigenvalue weighted by Gasteiger charge is 2.51. The Hall–Kier alpha value is -3.46. The lowest BCUT2D eigenvalue weighted by atomic mass is 9.78. The summed E-state index contributed by atoms with van der Waals surface area (Å²) in [5.74, 6) is -4.69. The topological polar surface area (TPSA) is 142 Å². The number of halogens is 1. The van der Waals surface area contributed by atoms with Gasteiger partial charge in [-0.1, -0.05) is 41.9 Å². The first-order valence-corrected chi connectivity index (χ1v) is 7.93. The first-order valence-electron chi connectivity index (χ1n) is 7.55. The van der Waals surface area contributed by atoms with Gasteiger partial charge in [0, 0.05) is 6.42 Å². The summed E-state index contributed by atoms with van der Waals surface area (Å²) in [6.07, 6.45) is 0.592. The quantitative estimate of drug-likeness (QED) is 0.541. The summed E-state index contributed by atoms with van der Waals surface area (Å²) >= 11 is 6.03. The van der Waals surface area contributed by atoms with Gasteiger partial charge in [0.25, 0.3) is 0 Å². The minimum Gasteiger partial charge on any atom is -0.480 e. The van der Waals surface area contributed by atoms with E-state index < -0.39 is 35.3 Å². The van der Waals surface area contributed by atoms with Gasteiger partial charge in [-0.15, -0.1) is 0 Å². The Kier molecular flexibility index (Phi) is 4.54. The van der Waals surface area contributed by atoms with Crippen LogP contribution in [0.15, 0.2) is 42.7 Å². The van der Waals surface area contributed by atoms with E-state index in [9.17, 15) is 29.7 Å². The summed E-state index contributed by atoms with van der Waals surface area (Å²) in [5.41, 5.74) is -2.97. The van der Waals surface area contributed by atoms with Crippen molar-refractivity contribution in [1.82, 2.24) is 14.6 Å². The Morgan fingerprint density at radius 2 is 1.70 bits per heavy atom. The highest BCUT2D eigenvalue weighted by molar-refractivity contribution is 6.34. The molecule has 2 heterocycles. The Labute approximate surface area is 156 Å². The molecule has 3 rings (SSSR count). The maximum atomic E-state index is 12.2. The molecule has 0 aliphatic carbocycles. The van der Waals surface area contributed by atoms with Gasteiger partial charge in [-0.05, 0) is 11.6 Å². The third-order valence-corrected chi connectivity index (χ3v) is 4.49. The molecule has 0 unspecified atom stereocenters. The average molecular weight is 390 g/mol. The van der Waals surface area contributed by atoms with Crippen LogP contribution in [0.2, 0.25) is 5.02 Å². The number of aliphatic carboxylic acids is 2. The standard InChI is InChI=1S/C17H12ClN3O6/c18-10-6-11(21-13(19-8-20-21)12(10)14(22)23)17(15(24)25,16(26)27)7-9-4-2-1-3-5-9/h1-6,8H,7H2,(H,22,23)(H,24,25)(H,26,27). The number of carbonyl (C=O) groups is 3. The normalized spacial score (nSPS) is 11.4. The Morgan fingerprint density at radius 3 is 2.26 bits per heavy atom. The lowest BCUT2D eigenvalue weighted by Gasteiger charge is -2.26. The molecule has 0 bridgehead atoms. The smallest absolute Gasteiger partial charge is 0.341 e. The van der Waals surface area contributed by atoms with Gasteiger partial charge >= 0.3 is 17.9 Å². The van der Waals surface area contributed by atoms with E-state index >= 15 is 0 Å². The third-order valence-electron chi connectivity index (χ3n) is 4.20. The van der Waals surface area contributed by atoms with Gasteiger partial charge in [0.05, 0.1) is 10.7 Å². The molecule has 9 nitrogen and oxygen atoms in total. The zero-order chi connectivity index (χ0) is 19.8. The SMILES string of the molecule is O=C(O)c1c(Cl)cc(C(Cc2ccccc2)(C(=O)O)C(=O)O)n2ncnc12. The van der Waals surface area contributed by atoms with Crippen molar-refractivity contribution in [2.75, 3.05) is 0 Å². The van der Waals surface area contributed by atoms with E-state index in [1.54, 1.807) is 30.3 Å². The molecule has 3 aromatic rings. The van der Waals surface area contributed by atoms with Gasteiger partial charge in [0.2, 0.25) is 5.41 Å². The van der Waals surface area contributed by atoms with Gasteiger partial charge < -0.3 is 15.3 Å². The van der Waals surface area contributed by atoms with Crippen LogP contribution in [0.3, 0.4) is 0 Å². The van der Waals surface area contributed by atoms with E-state index in [-0.39, 0.29) is 16.4 Å². The zero-order valence-corrected chi connectivity index (χ0v) is 14.3. The molecule has 0 atom stereocenters. The molecule has 2 aromatic heterocycles. The summed E-state index contributed by atoms with van der Waals surface area (Å²) in [6.45, 7) is 0. The molecular weight excluding hydrogens is 378 g/mol. The fraction of sp³-hybridized carbons (Fsp3) is 0.118. The fourth-order valence-electron chi connectivity index (χ4n) is 2.90. The molecule has 0 amide bonds. The monoisotopic (exact) mass is 389 g/mol. The van der Waals surface area contributed by atoms with Crippen molar-refractivity contribution in [3.8, 4) is 0 Å². The van der Waals surface area contributed by atoms with Gasteiger partial charge in [-0.2, -0.15) is 5.10 Å². The molecule has 0 saturated carbocycles. The van der Waals surface area contributed by atoms with E-state index in [1.165, 1.54) is 0 Å². The Bertz CT molecular complexity index is 1050. The molecule has 0 saturated heterocycles. The first kappa shape index (κ1) is 18.3. The van der Waals surface area contributed by atoms with Gasteiger partial charge in [0.15, 0.2) is 5.65 Å². The molecule has 138 valence electrons. The van der Waals surface area contributed by atoms with Crippen LogP contribution in [0, 0.1) is 0 Å². The number of aromatic nitrogens is 3. The zero-order valence-electron chi connectivity index (χ0n) is 13.5. The van der Waals surface area contributed by atoms with Crippen molar-refractivity contribution in [2.45, 2.75) is 11.8 Å². The minimum atomic E-state index is -2.46. The van der Waals surface area contributed by atoms with Gasteiger partial charge in [-0.25, -0.2) is 14.3 Å². The van der Waals surface area contributed by atoms with Crippen LogP contribution in [-0.4, -0.2) is 47.8 Å². The van der Waals surface area contributed by atoms with Crippen molar-refractivity contribution in [1.29, 1.82) is 0 Å². The van der Waals surface area contributed by atoms with Crippen molar-refractivity contribution in [3.05, 3.63) is 64.6 Å². The second-order valence-electron chi connectivity index (χ2n) is 5.73. The summed E-state index contributed by atoms with van der Waals surface area (Å²) in [4.78, 5) is 39.6. The summed E-state index contributed by atoms with van der Waals surface area (Å²) in [7, 11) is 0. The first-order chi connectivity index (χ1) is 12.8. The van der Waals surface area contributed by atoms with Gasteiger partial charge in [-0.3, -0.25) is 9.59 Å². The summed E-state index contributed by atoms with van der Waals surface area (Å²) in [5, 5.41) is 32.6. The molecule has 0 aliphatic rings. The number of rotatable bonds is 6. The number of pyridine rings is 1. The van der Waals surface area contributed by atoms with Gasteiger partial charge in [0.1, 0.15) is 11.9 Å². The molecule has 27 heavy (non-hydrogen) atoms. The number of aromatic carboxylic acids is 1. The lowest BCUT2D eigenvalue weighted by molar-refractivity contribution is -0.158. The molecule has 1 aromatic carbocycles. The van der Waals surface area contributed by atoms with E-state index in [2.05, 4.69) is 10.1 Å². The molecule has 0 radical (unpaired) electrons. The van der Waals surface area contributed by atoms with Crippen LogP contribution in [0.5, 0.6) is 0 Å². The van der Waals surface area contributed by atoms with E-state index in [1.807, 2.05) is 0 Å². The molecule has 0 fully saturated rings. The number of carboxylic acid groups (broad SMARTS) is 3. The van der Waals surface area contributed by atoms with Crippen LogP contribution in [0.25, 0.3) is 5.65 Å². The lowest BCUT2D eigenvalue weighted by Crippen LogP contribution is -2.47. The number of hydrogen-bond acceptors (Lipinski definition) is 5.